The summed E-state index contributed by atoms with van der Waals surface area (Å²) in [7, 11) is 0. The predicted octanol–water partition coefficient (Wildman–Crippen LogP) is 3.55. The van der Waals surface area contributed by atoms with Crippen LogP contribution in [0.15, 0.2) is 53.3 Å². The fourth-order valence-corrected chi connectivity index (χ4v) is 4.71. The smallest absolute Gasteiger partial charge is 0.269 e. The number of nitrogens with one attached hydrogen (secondary N) is 1. The highest BCUT2D eigenvalue weighted by atomic mass is 16.2. The van der Waals surface area contributed by atoms with Crippen molar-refractivity contribution in [1.82, 2.24) is 9.47 Å². The molecule has 190 valence electrons. The van der Waals surface area contributed by atoms with Crippen LogP contribution in [-0.4, -0.2) is 47.5 Å². The molecule has 8 heteroatoms. The fourth-order valence-electron chi connectivity index (χ4n) is 4.71. The molecule has 2 aromatic carbocycles. The van der Waals surface area contributed by atoms with Crippen LogP contribution in [-0.2, 0) is 11.3 Å². The van der Waals surface area contributed by atoms with Gasteiger partial charge in [-0.2, -0.15) is 5.26 Å². The Bertz CT molecular complexity index is 1440. The second-order valence-electron chi connectivity index (χ2n) is 9.47. The summed E-state index contributed by atoms with van der Waals surface area (Å²) in [4.78, 5) is 42.4. The summed E-state index contributed by atoms with van der Waals surface area (Å²) in [6.07, 6.45) is 0. The third-order valence-corrected chi connectivity index (χ3v) is 7.02. The summed E-state index contributed by atoms with van der Waals surface area (Å²) in [5.74, 6) is -0.427. The van der Waals surface area contributed by atoms with Gasteiger partial charge in [0.05, 0.1) is 0 Å². The van der Waals surface area contributed by atoms with Crippen LogP contribution in [0.2, 0.25) is 0 Å². The number of pyridine rings is 1. The molecule has 2 heterocycles. The molecular formula is C29H31N5O3. The molecular weight excluding hydrogens is 466 g/mol. The highest BCUT2D eigenvalue weighted by Crippen LogP contribution is 2.24. The van der Waals surface area contributed by atoms with Gasteiger partial charge in [0, 0.05) is 48.8 Å². The summed E-state index contributed by atoms with van der Waals surface area (Å²) in [6, 6.07) is 16.7. The standard InChI is InChI=1S/C29H31N5O3/c1-19-6-5-7-26(22(19)4)32-12-14-33(15-13-32)28(36)23-8-10-24(11-9-23)31-27(35)18-34-21(3)16-20(2)25(17-30)29(34)37/h5-11,16H,12-15,18H2,1-4H3,(H,31,35). The number of benzene rings is 2. The molecule has 1 saturated heterocycles. The first-order valence-electron chi connectivity index (χ1n) is 12.3. The number of hydrogen-bond acceptors (Lipinski definition) is 5. The van der Waals surface area contributed by atoms with Gasteiger partial charge in [0.15, 0.2) is 0 Å². The van der Waals surface area contributed by atoms with Crippen LogP contribution in [0.4, 0.5) is 11.4 Å². The van der Waals surface area contributed by atoms with E-state index in [4.69, 9.17) is 0 Å². The molecule has 1 aliphatic rings. The van der Waals surface area contributed by atoms with Gasteiger partial charge in [0.1, 0.15) is 18.2 Å². The van der Waals surface area contributed by atoms with E-state index in [1.807, 2.05) is 11.0 Å². The lowest BCUT2D eigenvalue weighted by molar-refractivity contribution is -0.116. The number of nitrogens with zero attached hydrogens (tertiary/aromatic N) is 4. The number of piperazine rings is 1. The van der Waals surface area contributed by atoms with E-state index in [1.165, 1.54) is 21.4 Å². The molecule has 37 heavy (non-hydrogen) atoms. The lowest BCUT2D eigenvalue weighted by atomic mass is 10.1. The van der Waals surface area contributed by atoms with Crippen LogP contribution < -0.4 is 15.8 Å². The zero-order chi connectivity index (χ0) is 26.7. The van der Waals surface area contributed by atoms with Crippen molar-refractivity contribution < 1.29 is 9.59 Å². The summed E-state index contributed by atoms with van der Waals surface area (Å²) in [6.45, 7) is 10.3. The Morgan fingerprint density at radius 3 is 2.27 bits per heavy atom. The maximum Gasteiger partial charge on any atom is 0.269 e. The van der Waals surface area contributed by atoms with Crippen molar-refractivity contribution >= 4 is 23.2 Å². The van der Waals surface area contributed by atoms with E-state index in [9.17, 15) is 19.6 Å². The molecule has 0 radical (unpaired) electrons. The zero-order valence-corrected chi connectivity index (χ0v) is 21.7. The Balaban J connectivity index is 1.36. The number of amides is 2. The van der Waals surface area contributed by atoms with E-state index in [1.54, 1.807) is 44.2 Å². The molecule has 1 N–H and O–H groups in total. The minimum atomic E-state index is -0.478. The molecule has 0 spiro atoms. The van der Waals surface area contributed by atoms with Crippen molar-refractivity contribution in [2.24, 2.45) is 0 Å². The number of carbonyl (C=O) groups excluding carboxylic acids is 2. The summed E-state index contributed by atoms with van der Waals surface area (Å²) >= 11 is 0. The molecule has 0 atom stereocenters. The minimum Gasteiger partial charge on any atom is -0.368 e. The van der Waals surface area contributed by atoms with Crippen LogP contribution in [0.25, 0.3) is 0 Å². The zero-order valence-electron chi connectivity index (χ0n) is 21.7. The van der Waals surface area contributed by atoms with E-state index < -0.39 is 5.56 Å². The largest absolute Gasteiger partial charge is 0.368 e. The molecule has 4 rings (SSSR count). The highest BCUT2D eigenvalue weighted by molar-refractivity contribution is 5.96. The Labute approximate surface area is 216 Å². The first-order chi connectivity index (χ1) is 17.7. The molecule has 0 bridgehead atoms. The van der Waals surface area contributed by atoms with Crippen LogP contribution in [0.1, 0.15) is 38.3 Å². The molecule has 0 saturated carbocycles. The number of aryl methyl sites for hydroxylation is 3. The Hall–Kier alpha value is -4.38. The van der Waals surface area contributed by atoms with Crippen LogP contribution in [0, 0.1) is 39.0 Å². The second kappa shape index (κ2) is 10.7. The molecule has 8 nitrogen and oxygen atoms in total. The molecule has 1 aromatic heterocycles. The third-order valence-electron chi connectivity index (χ3n) is 7.02. The first-order valence-corrected chi connectivity index (χ1v) is 12.3. The quantitative estimate of drug-likeness (QED) is 0.581. The van der Waals surface area contributed by atoms with Gasteiger partial charge >= 0.3 is 0 Å². The van der Waals surface area contributed by atoms with Gasteiger partial charge < -0.3 is 19.7 Å². The third kappa shape index (κ3) is 5.41. The summed E-state index contributed by atoms with van der Waals surface area (Å²) < 4.78 is 1.29. The van der Waals surface area contributed by atoms with Crippen molar-refractivity contribution in [2.45, 2.75) is 34.2 Å². The van der Waals surface area contributed by atoms with Gasteiger partial charge in [-0.25, -0.2) is 0 Å². The number of rotatable bonds is 5. The Morgan fingerprint density at radius 1 is 0.946 bits per heavy atom. The van der Waals surface area contributed by atoms with Crippen molar-refractivity contribution in [2.75, 3.05) is 36.4 Å². The number of aromatic nitrogens is 1. The van der Waals surface area contributed by atoms with Gasteiger partial charge in [-0.15, -0.1) is 0 Å². The molecule has 0 unspecified atom stereocenters. The van der Waals surface area contributed by atoms with Crippen molar-refractivity contribution in [3.63, 3.8) is 0 Å². The topological polar surface area (TPSA) is 98.4 Å². The number of nitriles is 1. The van der Waals surface area contributed by atoms with Gasteiger partial charge in [-0.05, 0) is 80.8 Å². The van der Waals surface area contributed by atoms with Crippen LogP contribution in [0.5, 0.6) is 0 Å². The van der Waals surface area contributed by atoms with E-state index in [2.05, 4.69) is 42.3 Å². The average molecular weight is 498 g/mol. The molecule has 1 aliphatic heterocycles. The summed E-state index contributed by atoms with van der Waals surface area (Å²) in [5.41, 5.74) is 5.60. The molecule has 2 amide bonds. The SMILES string of the molecule is Cc1cccc(N2CCN(C(=O)c3ccc(NC(=O)Cn4c(C)cc(C)c(C#N)c4=O)cc3)CC2)c1C. The van der Waals surface area contributed by atoms with Gasteiger partial charge in [-0.3, -0.25) is 14.4 Å². The first kappa shape index (κ1) is 25.7. The summed E-state index contributed by atoms with van der Waals surface area (Å²) in [5, 5.41) is 12.0. The highest BCUT2D eigenvalue weighted by Gasteiger charge is 2.23. The average Bonchev–Trinajstić information content (AvgIpc) is 2.88. The second-order valence-corrected chi connectivity index (χ2v) is 9.47. The lowest BCUT2D eigenvalue weighted by Crippen LogP contribution is -2.49. The van der Waals surface area contributed by atoms with Gasteiger partial charge in [-0.1, -0.05) is 12.1 Å². The molecule has 3 aromatic rings. The lowest BCUT2D eigenvalue weighted by Gasteiger charge is -2.37. The Morgan fingerprint density at radius 2 is 1.62 bits per heavy atom. The fraction of sp³-hybridized carbons (Fsp3) is 0.310. The van der Waals surface area contributed by atoms with E-state index in [-0.39, 0.29) is 23.9 Å². The predicted molar refractivity (Wildman–Crippen MR) is 144 cm³/mol. The molecule has 0 aliphatic carbocycles. The Kier molecular flexibility index (Phi) is 7.44. The number of anilines is 2. The monoisotopic (exact) mass is 497 g/mol. The van der Waals surface area contributed by atoms with E-state index in [0.717, 1.165) is 13.1 Å². The van der Waals surface area contributed by atoms with Crippen LogP contribution in [0.3, 0.4) is 0 Å². The van der Waals surface area contributed by atoms with E-state index in [0.29, 0.717) is 35.6 Å². The normalized spacial score (nSPS) is 13.3. The van der Waals surface area contributed by atoms with Crippen molar-refractivity contribution in [1.29, 1.82) is 5.26 Å². The van der Waals surface area contributed by atoms with Crippen LogP contribution >= 0.6 is 0 Å². The molecule has 1 fully saturated rings. The van der Waals surface area contributed by atoms with Gasteiger partial charge in [0.25, 0.3) is 11.5 Å². The maximum absolute atomic E-state index is 13.1. The van der Waals surface area contributed by atoms with Gasteiger partial charge in [0.2, 0.25) is 5.91 Å². The minimum absolute atomic E-state index is 0.0376. The van der Waals surface area contributed by atoms with E-state index >= 15 is 0 Å². The van der Waals surface area contributed by atoms with Crippen molar-refractivity contribution in [3.05, 3.63) is 92.4 Å². The maximum atomic E-state index is 13.1. The van der Waals surface area contributed by atoms with Crippen molar-refractivity contribution in [3.8, 4) is 6.07 Å². The number of hydrogen-bond donors (Lipinski definition) is 1. The number of carbonyl (C=O) groups is 2.